The predicted molar refractivity (Wildman–Crippen MR) is 96.0 cm³/mol. The third kappa shape index (κ3) is 2.80. The molecule has 0 radical (unpaired) electrons. The average molecular weight is 423 g/mol. The SMILES string of the molecule is C[C@]12C=CC(=O)C(Cl)=C1CC[C@H]1[C@@H]3CCC[C@@]3(CC(F)(F)C(F)(F)F)CC[C@@H]12. The minimum Gasteiger partial charge on any atom is -0.288 e. The van der Waals surface area contributed by atoms with Crippen molar-refractivity contribution < 1.29 is 26.7 Å². The van der Waals surface area contributed by atoms with Gasteiger partial charge in [0.15, 0.2) is 5.78 Å². The summed E-state index contributed by atoms with van der Waals surface area (Å²) in [6.07, 6.45) is 0.933. The Kier molecular flexibility index (Phi) is 4.58. The molecule has 0 spiro atoms. The molecular formula is C21H24ClF5O. The number of carbonyl (C=O) groups excluding carboxylic acids is 1. The zero-order chi connectivity index (χ0) is 20.5. The fourth-order valence-electron chi connectivity index (χ4n) is 6.92. The molecule has 4 aliphatic rings. The van der Waals surface area contributed by atoms with Crippen molar-refractivity contribution in [3.8, 4) is 0 Å². The van der Waals surface area contributed by atoms with Gasteiger partial charge >= 0.3 is 12.1 Å². The smallest absolute Gasteiger partial charge is 0.288 e. The minimum absolute atomic E-state index is 0.0938. The van der Waals surface area contributed by atoms with Gasteiger partial charge in [0.05, 0.1) is 5.03 Å². The molecule has 0 aromatic rings. The summed E-state index contributed by atoms with van der Waals surface area (Å²) in [4.78, 5) is 12.0. The van der Waals surface area contributed by atoms with Crippen molar-refractivity contribution in [3.63, 3.8) is 0 Å². The molecule has 4 aliphatic carbocycles. The molecule has 7 heteroatoms. The Hall–Kier alpha value is -0.910. The van der Waals surface area contributed by atoms with E-state index in [2.05, 4.69) is 0 Å². The summed E-state index contributed by atoms with van der Waals surface area (Å²) in [5.41, 5.74) is -0.431. The molecule has 1 nitrogen and oxygen atoms in total. The number of hydrogen-bond acceptors (Lipinski definition) is 1. The second kappa shape index (κ2) is 6.29. The van der Waals surface area contributed by atoms with Gasteiger partial charge in [-0.25, -0.2) is 0 Å². The largest absolute Gasteiger partial charge is 0.453 e. The van der Waals surface area contributed by atoms with Gasteiger partial charge in [-0.2, -0.15) is 22.0 Å². The van der Waals surface area contributed by atoms with E-state index in [-0.39, 0.29) is 28.6 Å². The topological polar surface area (TPSA) is 17.1 Å². The number of rotatable bonds is 2. The van der Waals surface area contributed by atoms with Crippen LogP contribution in [0.2, 0.25) is 0 Å². The highest BCUT2D eigenvalue weighted by atomic mass is 35.5. The van der Waals surface area contributed by atoms with Crippen LogP contribution in [0.5, 0.6) is 0 Å². The lowest BCUT2D eigenvalue weighted by atomic mass is 9.47. The number of carbonyl (C=O) groups is 1. The molecule has 0 saturated heterocycles. The van der Waals surface area contributed by atoms with E-state index in [1.807, 2.05) is 13.0 Å². The van der Waals surface area contributed by atoms with Crippen molar-refractivity contribution in [1.82, 2.24) is 0 Å². The molecule has 0 heterocycles. The molecule has 0 unspecified atom stereocenters. The van der Waals surface area contributed by atoms with Crippen LogP contribution in [0.4, 0.5) is 22.0 Å². The lowest BCUT2D eigenvalue weighted by molar-refractivity contribution is -0.297. The maximum absolute atomic E-state index is 14.0. The van der Waals surface area contributed by atoms with Crippen LogP contribution in [0.3, 0.4) is 0 Å². The van der Waals surface area contributed by atoms with Crippen LogP contribution >= 0.6 is 11.6 Å². The Morgan fingerprint density at radius 1 is 1.11 bits per heavy atom. The van der Waals surface area contributed by atoms with Crippen LogP contribution < -0.4 is 0 Å². The second-order valence-corrected chi connectivity index (χ2v) is 9.74. The molecule has 3 saturated carbocycles. The Balaban J connectivity index is 1.66. The van der Waals surface area contributed by atoms with Crippen LogP contribution in [-0.2, 0) is 4.79 Å². The summed E-state index contributed by atoms with van der Waals surface area (Å²) in [6.45, 7) is 2.04. The summed E-state index contributed by atoms with van der Waals surface area (Å²) in [5.74, 6) is -4.75. The Labute approximate surface area is 166 Å². The predicted octanol–water partition coefficient (Wildman–Crippen LogP) is 6.82. The van der Waals surface area contributed by atoms with Crippen molar-refractivity contribution in [2.24, 2.45) is 28.6 Å². The fraction of sp³-hybridized carbons (Fsp3) is 0.762. The molecule has 5 atom stereocenters. The Morgan fingerprint density at radius 2 is 1.82 bits per heavy atom. The molecule has 3 fully saturated rings. The van der Waals surface area contributed by atoms with Crippen molar-refractivity contribution >= 4 is 17.4 Å². The van der Waals surface area contributed by atoms with E-state index in [9.17, 15) is 26.7 Å². The van der Waals surface area contributed by atoms with Crippen LogP contribution in [0.1, 0.15) is 58.3 Å². The highest BCUT2D eigenvalue weighted by Gasteiger charge is 2.65. The summed E-state index contributed by atoms with van der Waals surface area (Å²) < 4.78 is 66.8. The van der Waals surface area contributed by atoms with E-state index < -0.39 is 29.3 Å². The first kappa shape index (κ1) is 20.4. The lowest BCUT2D eigenvalue weighted by Gasteiger charge is -2.57. The van der Waals surface area contributed by atoms with E-state index in [4.69, 9.17) is 11.6 Å². The number of fused-ring (bicyclic) bond motifs is 5. The van der Waals surface area contributed by atoms with Crippen LogP contribution in [0.25, 0.3) is 0 Å². The number of allylic oxidation sites excluding steroid dienone is 4. The normalized spacial score (nSPS) is 41.0. The van der Waals surface area contributed by atoms with Crippen molar-refractivity contribution in [1.29, 1.82) is 0 Å². The highest BCUT2D eigenvalue weighted by Crippen LogP contribution is 2.67. The number of hydrogen-bond donors (Lipinski definition) is 0. The average Bonchev–Trinajstić information content (AvgIpc) is 3.00. The molecule has 28 heavy (non-hydrogen) atoms. The van der Waals surface area contributed by atoms with E-state index in [0.29, 0.717) is 44.9 Å². The lowest BCUT2D eigenvalue weighted by Crippen LogP contribution is -2.52. The standard InChI is InChI=1S/C21H24ClF5O/c1-18-9-7-16(28)17(22)15(18)5-4-12-13(18)6-10-19(8-2-3-14(12)19)11-20(23,24)21(25,26)27/h7,9,12-14H,2-6,8,10-11H2,1H3/t12-,13+,14+,18-,19+/m1/s1. The van der Waals surface area contributed by atoms with Gasteiger partial charge in [-0.15, -0.1) is 0 Å². The maximum Gasteiger partial charge on any atom is 0.453 e. The second-order valence-electron chi connectivity index (χ2n) is 9.36. The zero-order valence-electron chi connectivity index (χ0n) is 15.7. The fourth-order valence-corrected chi connectivity index (χ4v) is 7.29. The van der Waals surface area contributed by atoms with E-state index in [1.165, 1.54) is 6.08 Å². The monoisotopic (exact) mass is 422 g/mol. The van der Waals surface area contributed by atoms with Crippen LogP contribution in [0.15, 0.2) is 22.8 Å². The summed E-state index contributed by atoms with van der Waals surface area (Å²) in [7, 11) is 0. The first-order valence-electron chi connectivity index (χ1n) is 9.99. The van der Waals surface area contributed by atoms with Gasteiger partial charge in [-0.1, -0.05) is 31.0 Å². The minimum atomic E-state index is -5.50. The molecule has 0 aliphatic heterocycles. The molecule has 4 rings (SSSR count). The number of alkyl halides is 5. The Bertz CT molecular complexity index is 754. The first-order chi connectivity index (χ1) is 12.9. The molecule has 0 N–H and O–H groups in total. The van der Waals surface area contributed by atoms with Gasteiger partial charge in [-0.05, 0) is 73.3 Å². The van der Waals surface area contributed by atoms with Crippen LogP contribution in [0, 0.1) is 28.6 Å². The molecule has 0 aromatic carbocycles. The van der Waals surface area contributed by atoms with Gasteiger partial charge in [0.2, 0.25) is 0 Å². The zero-order valence-corrected chi connectivity index (χ0v) is 16.5. The van der Waals surface area contributed by atoms with Crippen molar-refractivity contribution in [3.05, 3.63) is 22.8 Å². The van der Waals surface area contributed by atoms with Crippen molar-refractivity contribution in [2.45, 2.75) is 70.4 Å². The number of ketones is 1. The van der Waals surface area contributed by atoms with E-state index >= 15 is 0 Å². The third-order valence-corrected chi connectivity index (χ3v) is 8.58. The Morgan fingerprint density at radius 3 is 2.50 bits per heavy atom. The van der Waals surface area contributed by atoms with Gasteiger partial charge in [0, 0.05) is 11.8 Å². The van der Waals surface area contributed by atoms with Gasteiger partial charge < -0.3 is 0 Å². The molecule has 0 amide bonds. The van der Waals surface area contributed by atoms with Gasteiger partial charge in [0.25, 0.3) is 0 Å². The summed E-state index contributed by atoms with van der Waals surface area (Å²) in [5, 5.41) is 0.260. The van der Waals surface area contributed by atoms with Gasteiger partial charge in [-0.3, -0.25) is 4.79 Å². The third-order valence-electron chi connectivity index (χ3n) is 8.16. The summed E-state index contributed by atoms with van der Waals surface area (Å²) in [6, 6.07) is 0. The van der Waals surface area contributed by atoms with Gasteiger partial charge in [0.1, 0.15) is 0 Å². The first-order valence-corrected chi connectivity index (χ1v) is 10.4. The van der Waals surface area contributed by atoms with Crippen LogP contribution in [-0.4, -0.2) is 17.9 Å². The molecule has 156 valence electrons. The highest BCUT2D eigenvalue weighted by molar-refractivity contribution is 6.45. The molecule has 0 aromatic heterocycles. The molecular weight excluding hydrogens is 399 g/mol. The van der Waals surface area contributed by atoms with E-state index in [0.717, 1.165) is 5.57 Å². The van der Waals surface area contributed by atoms with Crippen molar-refractivity contribution in [2.75, 3.05) is 0 Å². The number of halogens is 6. The maximum atomic E-state index is 14.0. The molecule has 0 bridgehead atoms. The van der Waals surface area contributed by atoms with E-state index in [1.54, 1.807) is 0 Å². The quantitative estimate of drug-likeness (QED) is 0.446. The summed E-state index contributed by atoms with van der Waals surface area (Å²) >= 11 is 6.29.